The minimum absolute atomic E-state index is 0.0720. The lowest BCUT2D eigenvalue weighted by Crippen LogP contribution is -2.49. The van der Waals surface area contributed by atoms with Gasteiger partial charge in [-0.25, -0.2) is 8.42 Å². The molecular weight excluding hydrogens is 391 g/mol. The molecule has 1 fully saturated rings. The smallest absolute Gasteiger partial charge is 0.244 e. The summed E-state index contributed by atoms with van der Waals surface area (Å²) in [5.74, 6) is 0. The van der Waals surface area contributed by atoms with Crippen molar-refractivity contribution in [3.05, 3.63) is 57.1 Å². The molecule has 0 atom stereocenters. The lowest BCUT2D eigenvalue weighted by Gasteiger charge is -2.37. The van der Waals surface area contributed by atoms with Crippen LogP contribution < -0.4 is 4.90 Å². The summed E-state index contributed by atoms with van der Waals surface area (Å²) < 4.78 is 27.4. The monoisotopic (exact) mass is 412 g/mol. The van der Waals surface area contributed by atoms with Crippen LogP contribution in [0.4, 0.5) is 5.69 Å². The second kappa shape index (κ2) is 7.39. The molecule has 0 spiro atoms. The first kappa shape index (κ1) is 19.5. The Labute approximate surface area is 165 Å². The van der Waals surface area contributed by atoms with Crippen LogP contribution >= 0.6 is 23.2 Å². The summed E-state index contributed by atoms with van der Waals surface area (Å²) >= 11 is 12.1. The summed E-state index contributed by atoms with van der Waals surface area (Å²) in [7, 11) is -3.66. The van der Waals surface area contributed by atoms with Crippen molar-refractivity contribution in [1.82, 2.24) is 4.31 Å². The predicted octanol–water partition coefficient (Wildman–Crippen LogP) is 4.43. The summed E-state index contributed by atoms with van der Waals surface area (Å²) in [6.45, 7) is 8.40. The highest BCUT2D eigenvalue weighted by Crippen LogP contribution is 2.31. The van der Waals surface area contributed by atoms with Gasteiger partial charge in [0.05, 0.1) is 5.02 Å². The molecule has 2 aromatic rings. The van der Waals surface area contributed by atoms with Crippen LogP contribution in [0, 0.1) is 20.8 Å². The zero-order valence-electron chi connectivity index (χ0n) is 15.1. The Kier molecular flexibility index (Phi) is 5.54. The molecule has 7 heteroatoms. The van der Waals surface area contributed by atoms with E-state index < -0.39 is 10.0 Å². The van der Waals surface area contributed by atoms with Crippen LogP contribution in [0.1, 0.15) is 16.7 Å². The van der Waals surface area contributed by atoms with Gasteiger partial charge in [0.2, 0.25) is 10.0 Å². The van der Waals surface area contributed by atoms with Crippen LogP contribution in [0.2, 0.25) is 10.0 Å². The van der Waals surface area contributed by atoms with Crippen LogP contribution in [0.3, 0.4) is 0 Å². The molecule has 0 N–H and O–H groups in total. The van der Waals surface area contributed by atoms with Gasteiger partial charge in [0.1, 0.15) is 4.90 Å². The second-order valence-corrected chi connectivity index (χ2v) is 9.46. The largest absolute Gasteiger partial charge is 0.368 e. The van der Waals surface area contributed by atoms with Gasteiger partial charge in [-0.1, -0.05) is 40.9 Å². The highest BCUT2D eigenvalue weighted by Gasteiger charge is 2.31. The lowest BCUT2D eigenvalue weighted by molar-refractivity contribution is 0.384. The molecule has 0 unspecified atom stereocenters. The van der Waals surface area contributed by atoms with Gasteiger partial charge >= 0.3 is 0 Å². The number of nitrogens with zero attached hydrogens (tertiary/aromatic N) is 2. The number of rotatable bonds is 3. The van der Waals surface area contributed by atoms with E-state index in [0.29, 0.717) is 31.2 Å². The zero-order valence-corrected chi connectivity index (χ0v) is 17.4. The van der Waals surface area contributed by atoms with E-state index in [1.807, 2.05) is 0 Å². The van der Waals surface area contributed by atoms with Crippen molar-refractivity contribution in [1.29, 1.82) is 0 Å². The molecule has 0 saturated carbocycles. The number of piperazine rings is 1. The van der Waals surface area contributed by atoms with Gasteiger partial charge in [0, 0.05) is 36.9 Å². The van der Waals surface area contributed by atoms with Gasteiger partial charge in [-0.15, -0.1) is 0 Å². The maximum absolute atomic E-state index is 12.9. The highest BCUT2D eigenvalue weighted by atomic mass is 35.5. The van der Waals surface area contributed by atoms with Gasteiger partial charge in [-0.05, 0) is 50.1 Å². The average Bonchev–Trinajstić information content (AvgIpc) is 2.56. The van der Waals surface area contributed by atoms with E-state index in [2.05, 4.69) is 37.8 Å². The normalized spacial score (nSPS) is 16.1. The van der Waals surface area contributed by atoms with E-state index in [1.54, 1.807) is 6.07 Å². The third-order valence-corrected chi connectivity index (χ3v) is 7.32. The standard InChI is InChI=1S/C19H22Cl2N2O2S/c1-13-10-14(2)19(15(3)11-13)22-6-8-23(9-7-22)26(24,25)18-12-16(20)4-5-17(18)21/h4-5,10-12H,6-9H2,1-3H3. The Hall–Kier alpha value is -1.27. The molecule has 4 nitrogen and oxygen atoms in total. The third-order valence-electron chi connectivity index (χ3n) is 4.70. The maximum Gasteiger partial charge on any atom is 0.244 e. The SMILES string of the molecule is Cc1cc(C)c(N2CCN(S(=O)(=O)c3cc(Cl)ccc3Cl)CC2)c(C)c1. The number of sulfonamides is 1. The highest BCUT2D eigenvalue weighted by molar-refractivity contribution is 7.89. The number of hydrogen-bond acceptors (Lipinski definition) is 3. The van der Waals surface area contributed by atoms with Crippen LogP contribution in [0.25, 0.3) is 0 Å². The minimum atomic E-state index is -3.66. The molecule has 1 saturated heterocycles. The van der Waals surface area contributed by atoms with Crippen molar-refractivity contribution < 1.29 is 8.42 Å². The zero-order chi connectivity index (χ0) is 19.1. The van der Waals surface area contributed by atoms with Crippen molar-refractivity contribution in [3.8, 4) is 0 Å². The fourth-order valence-corrected chi connectivity index (χ4v) is 5.80. The molecule has 1 heterocycles. The van der Waals surface area contributed by atoms with Gasteiger partial charge in [0.15, 0.2) is 0 Å². The van der Waals surface area contributed by atoms with Crippen molar-refractivity contribution >= 4 is 38.9 Å². The van der Waals surface area contributed by atoms with Crippen molar-refractivity contribution in [2.24, 2.45) is 0 Å². The Morgan fingerprint density at radius 3 is 2.04 bits per heavy atom. The van der Waals surface area contributed by atoms with E-state index in [-0.39, 0.29) is 9.92 Å². The Bertz CT molecular complexity index is 914. The number of benzene rings is 2. The fraction of sp³-hybridized carbons (Fsp3) is 0.368. The van der Waals surface area contributed by atoms with Crippen molar-refractivity contribution in [3.63, 3.8) is 0 Å². The molecule has 0 aliphatic carbocycles. The van der Waals surface area contributed by atoms with E-state index >= 15 is 0 Å². The molecule has 0 aromatic heterocycles. The van der Waals surface area contributed by atoms with Gasteiger partial charge in [0.25, 0.3) is 0 Å². The summed E-state index contributed by atoms with van der Waals surface area (Å²) in [5.41, 5.74) is 4.88. The third kappa shape index (κ3) is 3.72. The molecule has 0 radical (unpaired) electrons. The molecular formula is C19H22Cl2N2O2S. The quantitative estimate of drug-likeness (QED) is 0.748. The van der Waals surface area contributed by atoms with Gasteiger partial charge in [-0.3, -0.25) is 0 Å². The number of halogens is 2. The molecule has 26 heavy (non-hydrogen) atoms. The number of hydrogen-bond donors (Lipinski definition) is 0. The summed E-state index contributed by atoms with van der Waals surface area (Å²) in [4.78, 5) is 2.33. The van der Waals surface area contributed by atoms with E-state index in [9.17, 15) is 8.42 Å². The molecule has 1 aliphatic heterocycles. The Balaban J connectivity index is 1.81. The predicted molar refractivity (Wildman–Crippen MR) is 108 cm³/mol. The van der Waals surface area contributed by atoms with Crippen LogP contribution in [-0.4, -0.2) is 38.9 Å². The molecule has 0 bridgehead atoms. The first-order valence-electron chi connectivity index (χ1n) is 8.48. The first-order chi connectivity index (χ1) is 12.2. The molecule has 3 rings (SSSR count). The van der Waals surface area contributed by atoms with Crippen LogP contribution in [0.5, 0.6) is 0 Å². The van der Waals surface area contributed by atoms with Gasteiger partial charge < -0.3 is 4.90 Å². The lowest BCUT2D eigenvalue weighted by atomic mass is 10.0. The minimum Gasteiger partial charge on any atom is -0.368 e. The molecule has 1 aliphatic rings. The Morgan fingerprint density at radius 1 is 0.885 bits per heavy atom. The number of anilines is 1. The maximum atomic E-state index is 12.9. The van der Waals surface area contributed by atoms with Crippen LogP contribution in [-0.2, 0) is 10.0 Å². The molecule has 0 amide bonds. The fourth-order valence-electron chi connectivity index (χ4n) is 3.64. The van der Waals surface area contributed by atoms with Crippen molar-refractivity contribution in [2.45, 2.75) is 25.7 Å². The molecule has 140 valence electrons. The van der Waals surface area contributed by atoms with E-state index in [4.69, 9.17) is 23.2 Å². The van der Waals surface area contributed by atoms with E-state index in [0.717, 1.165) is 0 Å². The number of aryl methyl sites for hydroxylation is 3. The second-order valence-electron chi connectivity index (χ2n) is 6.71. The van der Waals surface area contributed by atoms with Crippen molar-refractivity contribution in [2.75, 3.05) is 31.1 Å². The molecule has 2 aromatic carbocycles. The van der Waals surface area contributed by atoms with Crippen LogP contribution in [0.15, 0.2) is 35.2 Å². The average molecular weight is 413 g/mol. The van der Waals surface area contributed by atoms with E-state index in [1.165, 1.54) is 38.8 Å². The first-order valence-corrected chi connectivity index (χ1v) is 10.7. The Morgan fingerprint density at radius 2 is 1.46 bits per heavy atom. The van der Waals surface area contributed by atoms with Gasteiger partial charge in [-0.2, -0.15) is 4.31 Å². The summed E-state index contributed by atoms with van der Waals surface area (Å²) in [6.07, 6.45) is 0. The topological polar surface area (TPSA) is 40.6 Å². The summed E-state index contributed by atoms with van der Waals surface area (Å²) in [5, 5.41) is 0.555. The summed E-state index contributed by atoms with van der Waals surface area (Å²) in [6, 6.07) is 8.85.